The van der Waals surface area contributed by atoms with Crippen LogP contribution in [0, 0.1) is 0 Å². The highest BCUT2D eigenvalue weighted by atomic mass is 15.3. The predicted octanol–water partition coefficient (Wildman–Crippen LogP) is 0.293. The number of aromatic amines is 1. The van der Waals surface area contributed by atoms with Crippen molar-refractivity contribution in [2.75, 3.05) is 0 Å². The smallest absolute Gasteiger partial charge is 0.0856 e. The van der Waals surface area contributed by atoms with E-state index < -0.39 is 0 Å². The zero-order valence-electron chi connectivity index (χ0n) is 4.52. The number of hydrogen-bond donors (Lipinski definition) is 1. The van der Waals surface area contributed by atoms with E-state index in [9.17, 15) is 0 Å². The van der Waals surface area contributed by atoms with Gasteiger partial charge in [0.25, 0.3) is 0 Å². The number of hydrogen-bond acceptors (Lipinski definition) is 2. The number of nitrogens with zero attached hydrogens (tertiary/aromatic N) is 2. The summed E-state index contributed by atoms with van der Waals surface area (Å²) >= 11 is 0. The summed E-state index contributed by atoms with van der Waals surface area (Å²) < 4.78 is 0. The van der Waals surface area contributed by atoms with E-state index in [0.29, 0.717) is 0 Å². The molecule has 0 aliphatic heterocycles. The average molecular weight is 109 g/mol. The molecule has 1 aromatic rings. The van der Waals surface area contributed by atoms with Crippen molar-refractivity contribution >= 4 is 0 Å². The van der Waals surface area contributed by atoms with Gasteiger partial charge >= 0.3 is 0 Å². The lowest BCUT2D eigenvalue weighted by Crippen LogP contribution is -1.77. The topological polar surface area (TPSA) is 41.6 Å². The van der Waals surface area contributed by atoms with Crippen molar-refractivity contribution in [2.45, 2.75) is 19.3 Å². The van der Waals surface area contributed by atoms with Gasteiger partial charge in [0.15, 0.2) is 0 Å². The van der Waals surface area contributed by atoms with Crippen LogP contribution < -0.4 is 0 Å². The third kappa shape index (κ3) is 0.384. The second-order valence-electron chi connectivity index (χ2n) is 2.09. The second kappa shape index (κ2) is 1.31. The molecule has 8 heavy (non-hydrogen) atoms. The van der Waals surface area contributed by atoms with Crippen LogP contribution in [0.5, 0.6) is 0 Å². The van der Waals surface area contributed by atoms with E-state index in [2.05, 4.69) is 15.4 Å². The van der Waals surface area contributed by atoms with Crippen LogP contribution in [0.15, 0.2) is 0 Å². The van der Waals surface area contributed by atoms with Gasteiger partial charge in [0.1, 0.15) is 0 Å². The van der Waals surface area contributed by atoms with E-state index in [1.165, 1.54) is 17.8 Å². The van der Waals surface area contributed by atoms with E-state index in [-0.39, 0.29) is 0 Å². The van der Waals surface area contributed by atoms with Crippen LogP contribution in [0.3, 0.4) is 0 Å². The number of H-pyrrole nitrogens is 1. The fourth-order valence-corrected chi connectivity index (χ4v) is 1.10. The zero-order valence-corrected chi connectivity index (χ0v) is 4.52. The van der Waals surface area contributed by atoms with Gasteiger partial charge in [0, 0.05) is 0 Å². The predicted molar refractivity (Wildman–Crippen MR) is 28.4 cm³/mol. The molecule has 1 N–H and O–H groups in total. The number of nitrogens with one attached hydrogen (secondary N) is 1. The lowest BCUT2D eigenvalue weighted by Gasteiger charge is -1.76. The molecule has 3 heteroatoms. The number of aryl methyl sites for hydroxylation is 2. The molecule has 1 heterocycles. The molecule has 0 saturated heterocycles. The van der Waals surface area contributed by atoms with E-state index in [4.69, 9.17) is 0 Å². The molecule has 0 bridgehead atoms. The van der Waals surface area contributed by atoms with Crippen LogP contribution in [0.25, 0.3) is 0 Å². The van der Waals surface area contributed by atoms with Gasteiger partial charge in [0.05, 0.1) is 11.4 Å². The van der Waals surface area contributed by atoms with Gasteiger partial charge < -0.3 is 0 Å². The molecule has 0 saturated carbocycles. The van der Waals surface area contributed by atoms with Gasteiger partial charge in [-0.1, -0.05) is 5.21 Å². The summed E-state index contributed by atoms with van der Waals surface area (Å²) in [5, 5.41) is 10.4. The normalized spacial score (nSPS) is 16.5. The average Bonchev–Trinajstić information content (AvgIpc) is 2.15. The molecule has 1 aliphatic rings. The Hall–Kier alpha value is -0.860. The van der Waals surface area contributed by atoms with Crippen LogP contribution >= 0.6 is 0 Å². The van der Waals surface area contributed by atoms with Crippen LogP contribution in [0.2, 0.25) is 0 Å². The summed E-state index contributed by atoms with van der Waals surface area (Å²) in [6, 6.07) is 0. The molecule has 1 aromatic heterocycles. The highest BCUT2D eigenvalue weighted by molar-refractivity contribution is 5.13. The fraction of sp³-hybridized carbons (Fsp3) is 0.600. The Morgan fingerprint density at radius 2 is 2.38 bits per heavy atom. The molecule has 3 nitrogen and oxygen atoms in total. The summed E-state index contributed by atoms with van der Waals surface area (Å²) in [5.41, 5.74) is 2.41. The highest BCUT2D eigenvalue weighted by Crippen LogP contribution is 2.14. The first-order valence-electron chi connectivity index (χ1n) is 2.85. The molecule has 0 spiro atoms. The standard InChI is InChI=1S/C5H7N3/c1-2-4-5(3-1)7-8-6-4/h1-3H2,(H,6,7,8). The van der Waals surface area contributed by atoms with Gasteiger partial charge in [0.2, 0.25) is 0 Å². The molecular weight excluding hydrogens is 102 g/mol. The quantitative estimate of drug-likeness (QED) is 0.520. The van der Waals surface area contributed by atoms with E-state index >= 15 is 0 Å². The van der Waals surface area contributed by atoms with Crippen molar-refractivity contribution < 1.29 is 0 Å². The number of fused-ring (bicyclic) bond motifs is 1. The Morgan fingerprint density at radius 3 is 3.25 bits per heavy atom. The van der Waals surface area contributed by atoms with Crippen LogP contribution in [0.4, 0.5) is 0 Å². The maximum atomic E-state index is 3.89. The number of rotatable bonds is 0. The molecule has 0 unspecified atom stereocenters. The monoisotopic (exact) mass is 109 g/mol. The minimum Gasteiger partial charge on any atom is -0.262 e. The van der Waals surface area contributed by atoms with Crippen LogP contribution in [-0.2, 0) is 12.8 Å². The third-order valence-electron chi connectivity index (χ3n) is 1.54. The molecule has 0 radical (unpaired) electrons. The fourth-order valence-electron chi connectivity index (χ4n) is 1.10. The van der Waals surface area contributed by atoms with Crippen molar-refractivity contribution in [3.05, 3.63) is 11.4 Å². The van der Waals surface area contributed by atoms with E-state index in [1.54, 1.807) is 0 Å². The number of aromatic nitrogens is 3. The van der Waals surface area contributed by atoms with Crippen molar-refractivity contribution in [2.24, 2.45) is 0 Å². The second-order valence-corrected chi connectivity index (χ2v) is 2.09. The summed E-state index contributed by atoms with van der Waals surface area (Å²) in [6.07, 6.45) is 3.50. The third-order valence-corrected chi connectivity index (χ3v) is 1.54. The first-order chi connectivity index (χ1) is 3.97. The lowest BCUT2D eigenvalue weighted by molar-refractivity contribution is 0.808. The molecule has 1 aliphatic carbocycles. The van der Waals surface area contributed by atoms with Crippen LogP contribution in [0.1, 0.15) is 17.8 Å². The maximum Gasteiger partial charge on any atom is 0.0856 e. The Bertz CT molecular complexity index is 173. The van der Waals surface area contributed by atoms with Crippen molar-refractivity contribution in [3.63, 3.8) is 0 Å². The molecule has 0 fully saturated rings. The maximum absolute atomic E-state index is 3.89. The summed E-state index contributed by atoms with van der Waals surface area (Å²) in [4.78, 5) is 0. The van der Waals surface area contributed by atoms with Gasteiger partial charge in [-0.2, -0.15) is 0 Å². The van der Waals surface area contributed by atoms with Gasteiger partial charge in [-0.15, -0.1) is 5.10 Å². The van der Waals surface area contributed by atoms with Gasteiger partial charge in [-0.25, -0.2) is 0 Å². The lowest BCUT2D eigenvalue weighted by atomic mass is 10.4. The Morgan fingerprint density at radius 1 is 1.38 bits per heavy atom. The van der Waals surface area contributed by atoms with Crippen molar-refractivity contribution in [3.8, 4) is 0 Å². The van der Waals surface area contributed by atoms with E-state index in [0.717, 1.165) is 12.8 Å². The Balaban J connectivity index is 2.54. The zero-order chi connectivity index (χ0) is 5.40. The van der Waals surface area contributed by atoms with Gasteiger partial charge in [-0.05, 0) is 19.3 Å². The minimum atomic E-state index is 1.12. The molecular formula is C5H7N3. The van der Waals surface area contributed by atoms with Crippen LogP contribution in [-0.4, -0.2) is 15.4 Å². The van der Waals surface area contributed by atoms with E-state index in [1.807, 2.05) is 0 Å². The summed E-state index contributed by atoms with van der Waals surface area (Å²) in [6.45, 7) is 0. The van der Waals surface area contributed by atoms with Crippen molar-refractivity contribution in [1.82, 2.24) is 15.4 Å². The SMILES string of the molecule is C1Cc2nn[nH]c2C1. The molecule has 0 aromatic carbocycles. The summed E-state index contributed by atoms with van der Waals surface area (Å²) in [7, 11) is 0. The molecule has 42 valence electrons. The van der Waals surface area contributed by atoms with Crippen molar-refractivity contribution in [1.29, 1.82) is 0 Å². The molecule has 0 amide bonds. The van der Waals surface area contributed by atoms with Gasteiger partial charge in [-0.3, -0.25) is 5.10 Å². The highest BCUT2D eigenvalue weighted by Gasteiger charge is 2.12. The minimum absolute atomic E-state index is 1.12. The molecule has 0 atom stereocenters. The molecule has 2 rings (SSSR count). The first-order valence-corrected chi connectivity index (χ1v) is 2.85. The first kappa shape index (κ1) is 4.06. The largest absolute Gasteiger partial charge is 0.262 e. The summed E-state index contributed by atoms with van der Waals surface area (Å²) in [5.74, 6) is 0. The Kier molecular flexibility index (Phi) is 0.664. The Labute approximate surface area is 47.1 Å².